The molecule has 0 aliphatic heterocycles. The Morgan fingerprint density at radius 2 is 2.05 bits per heavy atom. The Morgan fingerprint density at radius 3 is 2.68 bits per heavy atom. The van der Waals surface area contributed by atoms with Crippen LogP contribution in [0.5, 0.6) is 0 Å². The van der Waals surface area contributed by atoms with Crippen molar-refractivity contribution in [1.82, 2.24) is 9.78 Å². The van der Waals surface area contributed by atoms with Crippen LogP contribution in [0, 0.1) is 6.92 Å². The lowest BCUT2D eigenvalue weighted by Gasteiger charge is -2.14. The van der Waals surface area contributed by atoms with Crippen molar-refractivity contribution < 1.29 is 5.11 Å². The number of aryl methyl sites for hydroxylation is 2. The van der Waals surface area contributed by atoms with Crippen LogP contribution in [-0.2, 0) is 6.54 Å². The van der Waals surface area contributed by atoms with Gasteiger partial charge in [0.15, 0.2) is 0 Å². The van der Waals surface area contributed by atoms with Crippen LogP contribution in [0.25, 0.3) is 0 Å². The average molecular weight is 260 g/mol. The van der Waals surface area contributed by atoms with Crippen molar-refractivity contribution in [2.24, 2.45) is 0 Å². The molecule has 5 heteroatoms. The van der Waals surface area contributed by atoms with Gasteiger partial charge in [0, 0.05) is 13.1 Å². The zero-order valence-electron chi connectivity index (χ0n) is 11.3. The Labute approximate surface area is 113 Å². The topological polar surface area (TPSA) is 76.1 Å². The highest BCUT2D eigenvalue weighted by Crippen LogP contribution is 2.23. The third-order valence-electron chi connectivity index (χ3n) is 3.12. The predicted molar refractivity (Wildman–Crippen MR) is 76.9 cm³/mol. The Kier molecular flexibility index (Phi) is 4.06. The molecule has 0 aliphatic rings. The molecular formula is C14H20N4O. The average Bonchev–Trinajstić information content (AvgIpc) is 2.72. The second kappa shape index (κ2) is 5.75. The number of benzene rings is 1. The first-order valence-corrected chi connectivity index (χ1v) is 6.43. The first kappa shape index (κ1) is 13.4. The molecule has 0 fully saturated rings. The van der Waals surface area contributed by atoms with Gasteiger partial charge in [0.25, 0.3) is 0 Å². The summed E-state index contributed by atoms with van der Waals surface area (Å²) >= 11 is 0. The molecule has 1 unspecified atom stereocenters. The maximum absolute atomic E-state index is 10.1. The molecular weight excluding hydrogens is 240 g/mol. The van der Waals surface area contributed by atoms with Gasteiger partial charge in [0.1, 0.15) is 5.82 Å². The van der Waals surface area contributed by atoms with Crippen LogP contribution >= 0.6 is 0 Å². The fourth-order valence-corrected chi connectivity index (χ4v) is 2.00. The summed E-state index contributed by atoms with van der Waals surface area (Å²) in [6.45, 7) is 5.02. The van der Waals surface area contributed by atoms with E-state index in [4.69, 9.17) is 5.73 Å². The molecule has 0 bridgehead atoms. The van der Waals surface area contributed by atoms with Gasteiger partial charge in [-0.15, -0.1) is 0 Å². The van der Waals surface area contributed by atoms with Crippen molar-refractivity contribution in [2.75, 3.05) is 17.6 Å². The lowest BCUT2D eigenvalue weighted by atomic mass is 10.1. The summed E-state index contributed by atoms with van der Waals surface area (Å²) in [5.41, 5.74) is 8.30. The molecule has 4 N–H and O–H groups in total. The number of rotatable bonds is 5. The molecule has 0 amide bonds. The number of aromatic nitrogens is 2. The summed E-state index contributed by atoms with van der Waals surface area (Å²) in [6, 6.07) is 9.55. The van der Waals surface area contributed by atoms with Gasteiger partial charge >= 0.3 is 0 Å². The minimum atomic E-state index is -0.568. The molecule has 1 atom stereocenters. The SMILES string of the molecule is CCn1nc(C)c(N)c1NCC(O)c1ccccc1. The maximum atomic E-state index is 10.1. The van der Waals surface area contributed by atoms with Gasteiger partial charge in [-0.3, -0.25) is 0 Å². The number of hydrogen-bond acceptors (Lipinski definition) is 4. The first-order valence-electron chi connectivity index (χ1n) is 6.43. The van der Waals surface area contributed by atoms with Gasteiger partial charge in [-0.25, -0.2) is 4.68 Å². The summed E-state index contributed by atoms with van der Waals surface area (Å²) in [4.78, 5) is 0. The van der Waals surface area contributed by atoms with E-state index >= 15 is 0 Å². The predicted octanol–water partition coefficient (Wildman–Crippen LogP) is 1.94. The summed E-state index contributed by atoms with van der Waals surface area (Å²) in [5.74, 6) is 0.773. The van der Waals surface area contributed by atoms with Crippen LogP contribution in [0.3, 0.4) is 0 Å². The van der Waals surface area contributed by atoms with Gasteiger partial charge in [0.2, 0.25) is 0 Å². The number of hydrogen-bond donors (Lipinski definition) is 3. The summed E-state index contributed by atoms with van der Waals surface area (Å²) in [5, 5.41) is 17.6. The smallest absolute Gasteiger partial charge is 0.148 e. The Hall–Kier alpha value is -2.01. The maximum Gasteiger partial charge on any atom is 0.148 e. The molecule has 19 heavy (non-hydrogen) atoms. The van der Waals surface area contributed by atoms with Crippen molar-refractivity contribution in [2.45, 2.75) is 26.5 Å². The number of nitrogens with one attached hydrogen (secondary N) is 1. The fraction of sp³-hybridized carbons (Fsp3) is 0.357. The molecule has 102 valence electrons. The molecule has 1 heterocycles. The Morgan fingerprint density at radius 1 is 1.37 bits per heavy atom. The molecule has 0 aliphatic carbocycles. The largest absolute Gasteiger partial charge is 0.394 e. The van der Waals surface area contributed by atoms with E-state index in [2.05, 4.69) is 10.4 Å². The van der Waals surface area contributed by atoms with Crippen LogP contribution in [0.1, 0.15) is 24.3 Å². The van der Waals surface area contributed by atoms with E-state index < -0.39 is 6.10 Å². The Bertz CT molecular complexity index is 536. The van der Waals surface area contributed by atoms with Crippen molar-refractivity contribution in [1.29, 1.82) is 0 Å². The highest BCUT2D eigenvalue weighted by molar-refractivity contribution is 5.64. The van der Waals surface area contributed by atoms with E-state index in [9.17, 15) is 5.11 Å². The monoisotopic (exact) mass is 260 g/mol. The number of aliphatic hydroxyl groups is 1. The van der Waals surface area contributed by atoms with E-state index in [0.29, 0.717) is 12.2 Å². The van der Waals surface area contributed by atoms with E-state index in [1.807, 2.05) is 48.9 Å². The number of nitrogens with two attached hydrogens (primary N) is 1. The second-order valence-corrected chi connectivity index (χ2v) is 4.47. The number of nitrogen functional groups attached to an aromatic ring is 1. The zero-order chi connectivity index (χ0) is 13.8. The van der Waals surface area contributed by atoms with Crippen LogP contribution in [0.2, 0.25) is 0 Å². The molecule has 1 aromatic carbocycles. The summed E-state index contributed by atoms with van der Waals surface area (Å²) in [7, 11) is 0. The summed E-state index contributed by atoms with van der Waals surface area (Å²) in [6.07, 6.45) is -0.568. The van der Waals surface area contributed by atoms with Gasteiger partial charge in [-0.1, -0.05) is 30.3 Å². The third kappa shape index (κ3) is 2.88. The highest BCUT2D eigenvalue weighted by atomic mass is 16.3. The second-order valence-electron chi connectivity index (χ2n) is 4.47. The number of anilines is 2. The van der Waals surface area contributed by atoms with Crippen molar-refractivity contribution >= 4 is 11.5 Å². The molecule has 0 saturated carbocycles. The Balaban J connectivity index is 2.07. The van der Waals surface area contributed by atoms with Gasteiger partial charge in [-0.2, -0.15) is 5.10 Å². The lowest BCUT2D eigenvalue weighted by Crippen LogP contribution is -2.15. The van der Waals surface area contributed by atoms with Crippen LogP contribution < -0.4 is 11.1 Å². The van der Waals surface area contributed by atoms with E-state index in [-0.39, 0.29) is 0 Å². The van der Waals surface area contributed by atoms with E-state index in [1.54, 1.807) is 0 Å². The van der Waals surface area contributed by atoms with Crippen LogP contribution in [0.4, 0.5) is 11.5 Å². The van der Waals surface area contributed by atoms with Crippen LogP contribution in [-0.4, -0.2) is 21.4 Å². The van der Waals surface area contributed by atoms with E-state index in [0.717, 1.165) is 23.6 Å². The molecule has 0 radical (unpaired) electrons. The standard InChI is InChI=1S/C14H20N4O/c1-3-18-14(13(15)10(2)17-18)16-9-12(19)11-7-5-4-6-8-11/h4-8,12,16,19H,3,9,15H2,1-2H3. The minimum Gasteiger partial charge on any atom is -0.394 e. The molecule has 0 spiro atoms. The van der Waals surface area contributed by atoms with Gasteiger partial charge in [0.05, 0.1) is 17.5 Å². The number of aliphatic hydroxyl groups excluding tert-OH is 1. The molecule has 2 rings (SSSR count). The quantitative estimate of drug-likeness (QED) is 0.768. The fourth-order valence-electron chi connectivity index (χ4n) is 2.00. The molecule has 0 saturated heterocycles. The van der Waals surface area contributed by atoms with Crippen molar-refractivity contribution in [3.8, 4) is 0 Å². The normalized spacial score (nSPS) is 12.4. The molecule has 5 nitrogen and oxygen atoms in total. The van der Waals surface area contributed by atoms with E-state index in [1.165, 1.54) is 0 Å². The third-order valence-corrected chi connectivity index (χ3v) is 3.12. The minimum absolute atomic E-state index is 0.402. The van der Waals surface area contributed by atoms with Gasteiger partial charge in [-0.05, 0) is 19.4 Å². The first-order chi connectivity index (χ1) is 9.13. The van der Waals surface area contributed by atoms with Crippen molar-refractivity contribution in [3.05, 3.63) is 41.6 Å². The summed E-state index contributed by atoms with van der Waals surface area (Å²) < 4.78 is 1.81. The van der Waals surface area contributed by atoms with Crippen molar-refractivity contribution in [3.63, 3.8) is 0 Å². The van der Waals surface area contributed by atoms with Crippen LogP contribution in [0.15, 0.2) is 30.3 Å². The number of nitrogens with zero attached hydrogens (tertiary/aromatic N) is 2. The highest BCUT2D eigenvalue weighted by Gasteiger charge is 2.13. The zero-order valence-corrected chi connectivity index (χ0v) is 11.3. The van der Waals surface area contributed by atoms with Gasteiger partial charge < -0.3 is 16.2 Å². The molecule has 2 aromatic rings. The lowest BCUT2D eigenvalue weighted by molar-refractivity contribution is 0.191. The molecule has 1 aromatic heterocycles.